The molecule has 0 fully saturated rings. The average molecular weight is 302 g/mol. The maximum Gasteiger partial charge on any atom is 0.352 e. The average Bonchev–Trinajstić information content (AvgIpc) is 2.98. The van der Waals surface area contributed by atoms with Crippen molar-refractivity contribution in [1.29, 1.82) is 0 Å². The van der Waals surface area contributed by atoms with Gasteiger partial charge in [0.1, 0.15) is 0 Å². The Morgan fingerprint density at radius 3 is 2.70 bits per heavy atom. The molecule has 0 atom stereocenters. The van der Waals surface area contributed by atoms with Crippen LogP contribution < -0.4 is 5.69 Å². The van der Waals surface area contributed by atoms with E-state index in [0.717, 1.165) is 16.6 Å². The van der Waals surface area contributed by atoms with Gasteiger partial charge >= 0.3 is 5.69 Å². The molecular weight excluding hydrogens is 288 g/mol. The summed E-state index contributed by atoms with van der Waals surface area (Å²) in [7, 11) is 0. The van der Waals surface area contributed by atoms with Gasteiger partial charge < -0.3 is 0 Å². The predicted octanol–water partition coefficient (Wildman–Crippen LogP) is 2.63. The van der Waals surface area contributed by atoms with Crippen LogP contribution in [0.2, 0.25) is 0 Å². The molecule has 4 rings (SSSR count). The highest BCUT2D eigenvalue weighted by Gasteiger charge is 2.06. The lowest BCUT2D eigenvalue weighted by Gasteiger charge is -2.07. The van der Waals surface area contributed by atoms with Crippen LogP contribution in [0.5, 0.6) is 0 Å². The topological polar surface area (TPSA) is 52.7 Å². The van der Waals surface area contributed by atoms with E-state index in [9.17, 15) is 4.79 Å². The Bertz CT molecular complexity index is 1020. The van der Waals surface area contributed by atoms with Crippen LogP contribution in [-0.4, -0.2) is 19.3 Å². The highest BCUT2D eigenvalue weighted by Crippen LogP contribution is 2.18. The van der Waals surface area contributed by atoms with E-state index in [4.69, 9.17) is 0 Å². The number of hydrogen-bond donors (Lipinski definition) is 0. The Morgan fingerprint density at radius 1 is 1.00 bits per heavy atom. The van der Waals surface area contributed by atoms with Crippen molar-refractivity contribution < 1.29 is 0 Å². The molecule has 0 saturated heterocycles. The van der Waals surface area contributed by atoms with Crippen molar-refractivity contribution >= 4 is 10.9 Å². The second kappa shape index (κ2) is 5.53. The highest BCUT2D eigenvalue weighted by atomic mass is 16.1. The van der Waals surface area contributed by atoms with Crippen LogP contribution in [0.1, 0.15) is 5.56 Å². The molecule has 0 saturated carbocycles. The van der Waals surface area contributed by atoms with E-state index < -0.39 is 0 Å². The third-order valence-electron chi connectivity index (χ3n) is 3.79. The Labute approximate surface area is 132 Å². The molecule has 0 aliphatic heterocycles. The van der Waals surface area contributed by atoms with Crippen molar-refractivity contribution in [1.82, 2.24) is 19.3 Å². The van der Waals surface area contributed by atoms with Crippen LogP contribution in [0.4, 0.5) is 0 Å². The predicted molar refractivity (Wildman–Crippen MR) is 88.7 cm³/mol. The molecule has 2 aromatic carbocycles. The number of aromatic nitrogens is 4. The Morgan fingerprint density at radius 2 is 1.87 bits per heavy atom. The number of rotatable bonds is 3. The summed E-state index contributed by atoms with van der Waals surface area (Å²) in [4.78, 5) is 15.7. The fourth-order valence-electron chi connectivity index (χ4n) is 2.64. The fourth-order valence-corrected chi connectivity index (χ4v) is 2.64. The molecule has 2 aromatic heterocycles. The zero-order valence-corrected chi connectivity index (χ0v) is 12.3. The first-order valence-corrected chi connectivity index (χ1v) is 7.35. The van der Waals surface area contributed by atoms with Crippen molar-refractivity contribution in [3.05, 3.63) is 89.2 Å². The smallest absolute Gasteiger partial charge is 0.268 e. The summed E-state index contributed by atoms with van der Waals surface area (Å²) >= 11 is 0. The molecule has 5 nitrogen and oxygen atoms in total. The van der Waals surface area contributed by atoms with E-state index in [1.165, 1.54) is 16.3 Å². The maximum atomic E-state index is 11.9. The summed E-state index contributed by atoms with van der Waals surface area (Å²) < 4.78 is 3.47. The molecule has 4 aromatic rings. The number of fused-ring (bicyclic) bond motifs is 1. The van der Waals surface area contributed by atoms with Crippen molar-refractivity contribution in [2.45, 2.75) is 6.54 Å². The van der Waals surface area contributed by atoms with Crippen molar-refractivity contribution in [2.75, 3.05) is 0 Å². The van der Waals surface area contributed by atoms with E-state index in [1.807, 2.05) is 47.3 Å². The van der Waals surface area contributed by atoms with Gasteiger partial charge in [-0.3, -0.25) is 9.25 Å². The van der Waals surface area contributed by atoms with E-state index in [2.05, 4.69) is 22.2 Å². The minimum Gasteiger partial charge on any atom is -0.268 e. The molecule has 0 N–H and O–H groups in total. The maximum absolute atomic E-state index is 11.9. The lowest BCUT2D eigenvalue weighted by Crippen LogP contribution is -2.19. The molecular formula is C18H14N4O. The van der Waals surface area contributed by atoms with Crippen molar-refractivity contribution in [3.63, 3.8) is 0 Å². The van der Waals surface area contributed by atoms with Crippen LogP contribution in [0.15, 0.2) is 78.0 Å². The van der Waals surface area contributed by atoms with Crippen LogP contribution in [0.3, 0.4) is 0 Å². The van der Waals surface area contributed by atoms with Crippen molar-refractivity contribution in [3.8, 4) is 5.69 Å². The summed E-state index contributed by atoms with van der Waals surface area (Å²) in [6, 6.07) is 17.8. The van der Waals surface area contributed by atoms with Gasteiger partial charge in [0.2, 0.25) is 0 Å². The van der Waals surface area contributed by atoms with Crippen LogP contribution >= 0.6 is 0 Å². The summed E-state index contributed by atoms with van der Waals surface area (Å²) in [5.74, 6) is 0. The third-order valence-corrected chi connectivity index (χ3v) is 3.79. The third kappa shape index (κ3) is 2.53. The summed E-state index contributed by atoms with van der Waals surface area (Å²) in [5, 5.41) is 5.50. The molecule has 0 unspecified atom stereocenters. The fraction of sp³-hybridized carbons (Fsp3) is 0.0556. The van der Waals surface area contributed by atoms with E-state index in [1.54, 1.807) is 12.3 Å². The van der Waals surface area contributed by atoms with Crippen LogP contribution in [0.25, 0.3) is 16.6 Å². The zero-order valence-electron chi connectivity index (χ0n) is 12.3. The van der Waals surface area contributed by atoms with Gasteiger partial charge in [-0.25, -0.2) is 9.78 Å². The Hall–Kier alpha value is -3.21. The van der Waals surface area contributed by atoms with E-state index in [0.29, 0.717) is 6.54 Å². The molecule has 0 aliphatic carbocycles. The van der Waals surface area contributed by atoms with Gasteiger partial charge in [-0.1, -0.05) is 30.3 Å². The molecule has 0 amide bonds. The number of nitrogens with zero attached hydrogens (tertiary/aromatic N) is 4. The first-order valence-electron chi connectivity index (χ1n) is 7.35. The second-order valence-electron chi connectivity index (χ2n) is 5.30. The minimum atomic E-state index is -0.291. The molecule has 0 spiro atoms. The van der Waals surface area contributed by atoms with Gasteiger partial charge in [0.25, 0.3) is 0 Å². The van der Waals surface area contributed by atoms with Crippen LogP contribution in [-0.2, 0) is 6.54 Å². The molecule has 0 aliphatic rings. The molecule has 0 radical (unpaired) electrons. The van der Waals surface area contributed by atoms with Gasteiger partial charge in [0.15, 0.2) is 0 Å². The van der Waals surface area contributed by atoms with Gasteiger partial charge in [0, 0.05) is 17.8 Å². The molecule has 0 bridgehead atoms. The Kier molecular flexibility index (Phi) is 3.24. The summed E-state index contributed by atoms with van der Waals surface area (Å²) in [6.07, 6.45) is 5.06. The Balaban J connectivity index is 1.81. The van der Waals surface area contributed by atoms with Crippen LogP contribution in [0, 0.1) is 0 Å². The zero-order chi connectivity index (χ0) is 15.6. The minimum absolute atomic E-state index is 0.291. The first-order chi connectivity index (χ1) is 11.3. The largest absolute Gasteiger partial charge is 0.352 e. The standard InChI is InChI=1S/C18H14N4O/c23-18-19-9-4-10-21(18)16-8-7-15-12-20-22(17(15)11-16)13-14-5-2-1-3-6-14/h1-12H,13H2. The molecule has 112 valence electrons. The number of benzene rings is 2. The van der Waals surface area contributed by atoms with Gasteiger partial charge in [-0.2, -0.15) is 5.10 Å². The quantitative estimate of drug-likeness (QED) is 0.584. The van der Waals surface area contributed by atoms with E-state index in [-0.39, 0.29) is 5.69 Å². The molecule has 2 heterocycles. The highest BCUT2D eigenvalue weighted by molar-refractivity contribution is 5.80. The second-order valence-corrected chi connectivity index (χ2v) is 5.30. The van der Waals surface area contributed by atoms with E-state index >= 15 is 0 Å². The lowest BCUT2D eigenvalue weighted by molar-refractivity contribution is 0.712. The molecule has 5 heteroatoms. The SMILES string of the molecule is O=c1ncccn1-c1ccc2cnn(Cc3ccccc3)c2c1. The summed E-state index contributed by atoms with van der Waals surface area (Å²) in [5.41, 5.74) is 2.66. The van der Waals surface area contributed by atoms with Gasteiger partial charge in [0.05, 0.1) is 23.9 Å². The van der Waals surface area contributed by atoms with Crippen molar-refractivity contribution in [2.24, 2.45) is 0 Å². The summed E-state index contributed by atoms with van der Waals surface area (Å²) in [6.45, 7) is 0.690. The van der Waals surface area contributed by atoms with Gasteiger partial charge in [-0.15, -0.1) is 0 Å². The molecule has 23 heavy (non-hydrogen) atoms. The monoisotopic (exact) mass is 302 g/mol. The number of hydrogen-bond acceptors (Lipinski definition) is 3. The first kappa shape index (κ1) is 13.5. The van der Waals surface area contributed by atoms with Gasteiger partial charge in [-0.05, 0) is 29.8 Å². The lowest BCUT2D eigenvalue weighted by atomic mass is 10.2. The normalized spacial score (nSPS) is 11.0.